The fraction of sp³-hybridized carbons (Fsp3) is 0.600. The van der Waals surface area contributed by atoms with Crippen LogP contribution in [-0.2, 0) is 21.4 Å². The first kappa shape index (κ1) is 16.7. The molecule has 0 aromatic carbocycles. The minimum absolute atomic E-state index is 0.0294. The summed E-state index contributed by atoms with van der Waals surface area (Å²) >= 11 is 0. The summed E-state index contributed by atoms with van der Waals surface area (Å²) in [5, 5.41) is 4.07. The largest absolute Gasteiger partial charge is 0.271 e. The van der Waals surface area contributed by atoms with E-state index in [2.05, 4.69) is 9.82 Å². The molecule has 0 radical (unpaired) electrons. The first-order valence-corrected chi connectivity index (χ1v) is 9.15. The molecule has 1 amide bonds. The van der Waals surface area contributed by atoms with E-state index in [0.29, 0.717) is 5.92 Å². The van der Waals surface area contributed by atoms with E-state index >= 15 is 0 Å². The van der Waals surface area contributed by atoms with Gasteiger partial charge in [-0.15, -0.1) is 0 Å². The van der Waals surface area contributed by atoms with Crippen molar-refractivity contribution in [1.29, 1.82) is 0 Å². The molecule has 6 nitrogen and oxygen atoms in total. The first-order valence-electron chi connectivity index (χ1n) is 7.67. The molecule has 1 aromatic heterocycles. The van der Waals surface area contributed by atoms with Crippen molar-refractivity contribution in [3.05, 3.63) is 24.0 Å². The van der Waals surface area contributed by atoms with Crippen molar-refractivity contribution in [3.63, 3.8) is 0 Å². The number of aromatic nitrogens is 2. The third kappa shape index (κ3) is 4.43. The number of nitrogens with one attached hydrogen (secondary N) is 1. The van der Waals surface area contributed by atoms with E-state index < -0.39 is 15.9 Å². The highest BCUT2D eigenvalue weighted by Crippen LogP contribution is 2.27. The molecule has 1 saturated carbocycles. The number of carbonyl (C=O) groups excluding carboxylic acids is 1. The second-order valence-corrected chi connectivity index (χ2v) is 7.59. The van der Waals surface area contributed by atoms with Crippen LogP contribution < -0.4 is 4.72 Å². The van der Waals surface area contributed by atoms with Crippen molar-refractivity contribution in [1.82, 2.24) is 14.5 Å². The Bertz CT molecular complexity index is 657. The molecule has 7 heteroatoms. The zero-order valence-corrected chi connectivity index (χ0v) is 13.9. The molecule has 0 aliphatic heterocycles. The molecular formula is C15H23N3O3S. The molecule has 1 aliphatic rings. The lowest BCUT2D eigenvalue weighted by atomic mass is 9.85. The molecule has 122 valence electrons. The Labute approximate surface area is 131 Å². The number of amides is 1. The average Bonchev–Trinajstić information content (AvgIpc) is 2.82. The fourth-order valence-electron chi connectivity index (χ4n) is 2.43. The quantitative estimate of drug-likeness (QED) is 0.780. The van der Waals surface area contributed by atoms with Gasteiger partial charge in [-0.25, -0.2) is 13.1 Å². The number of allylic oxidation sites excluding steroid dienone is 1. The van der Waals surface area contributed by atoms with E-state index in [0.717, 1.165) is 25.0 Å². The third-order valence-electron chi connectivity index (χ3n) is 3.85. The van der Waals surface area contributed by atoms with Crippen LogP contribution in [0.2, 0.25) is 0 Å². The molecule has 0 saturated heterocycles. The molecule has 1 heterocycles. The predicted octanol–water partition coefficient (Wildman–Crippen LogP) is 2.23. The van der Waals surface area contributed by atoms with Gasteiger partial charge in [0.1, 0.15) is 4.90 Å². The van der Waals surface area contributed by atoms with Gasteiger partial charge in [0, 0.05) is 18.8 Å². The van der Waals surface area contributed by atoms with Crippen molar-refractivity contribution < 1.29 is 13.2 Å². The minimum Gasteiger partial charge on any atom is -0.271 e. The molecule has 2 rings (SSSR count). The SMILES string of the molecule is CCC/C(C)=C/C(=O)NS(=O)(=O)c1cnn(CC2CCC2)c1. The van der Waals surface area contributed by atoms with E-state index in [4.69, 9.17) is 0 Å². The maximum absolute atomic E-state index is 12.2. The Morgan fingerprint density at radius 2 is 2.23 bits per heavy atom. The number of rotatable bonds is 7. The standard InChI is InChI=1S/C15H23N3O3S/c1-3-5-12(2)8-15(19)17-22(20,21)14-9-16-18(11-14)10-13-6-4-7-13/h8-9,11,13H,3-7,10H2,1-2H3,(H,17,19)/b12-8+. The highest BCUT2D eigenvalue weighted by Gasteiger charge is 2.21. The van der Waals surface area contributed by atoms with Crippen LogP contribution in [0.5, 0.6) is 0 Å². The van der Waals surface area contributed by atoms with Gasteiger partial charge in [0.15, 0.2) is 0 Å². The van der Waals surface area contributed by atoms with Gasteiger partial charge in [-0.05, 0) is 32.1 Å². The second kappa shape index (κ2) is 7.09. The summed E-state index contributed by atoms with van der Waals surface area (Å²) in [5.41, 5.74) is 0.857. The Kier molecular flexibility index (Phi) is 5.39. The van der Waals surface area contributed by atoms with Crippen LogP contribution in [0.3, 0.4) is 0 Å². The van der Waals surface area contributed by atoms with E-state index in [1.54, 1.807) is 4.68 Å². The van der Waals surface area contributed by atoms with E-state index in [1.165, 1.54) is 37.7 Å². The van der Waals surface area contributed by atoms with Crippen molar-refractivity contribution in [2.75, 3.05) is 0 Å². The molecule has 1 fully saturated rings. The van der Waals surface area contributed by atoms with Gasteiger partial charge in [0.2, 0.25) is 0 Å². The van der Waals surface area contributed by atoms with Crippen LogP contribution in [-0.4, -0.2) is 24.1 Å². The average molecular weight is 325 g/mol. The summed E-state index contributed by atoms with van der Waals surface area (Å²) in [6.07, 6.45) is 9.35. The molecule has 0 unspecified atom stereocenters. The molecule has 1 N–H and O–H groups in total. The smallest absolute Gasteiger partial charge is 0.267 e. The number of hydrogen-bond acceptors (Lipinski definition) is 4. The molecule has 0 bridgehead atoms. The zero-order valence-electron chi connectivity index (χ0n) is 13.1. The number of nitrogens with zero attached hydrogens (tertiary/aromatic N) is 2. The third-order valence-corrected chi connectivity index (χ3v) is 5.15. The summed E-state index contributed by atoms with van der Waals surface area (Å²) in [6, 6.07) is 0. The predicted molar refractivity (Wildman–Crippen MR) is 83.6 cm³/mol. The Balaban J connectivity index is 2.00. The highest BCUT2D eigenvalue weighted by atomic mass is 32.2. The van der Waals surface area contributed by atoms with Crippen molar-refractivity contribution in [2.24, 2.45) is 5.92 Å². The van der Waals surface area contributed by atoms with Crippen LogP contribution in [0.15, 0.2) is 28.9 Å². The van der Waals surface area contributed by atoms with Crippen molar-refractivity contribution in [3.8, 4) is 0 Å². The molecule has 0 atom stereocenters. The lowest BCUT2D eigenvalue weighted by Crippen LogP contribution is -2.29. The van der Waals surface area contributed by atoms with Crippen LogP contribution >= 0.6 is 0 Å². The molecular weight excluding hydrogens is 302 g/mol. The van der Waals surface area contributed by atoms with Crippen molar-refractivity contribution >= 4 is 15.9 Å². The fourth-order valence-corrected chi connectivity index (χ4v) is 3.32. The van der Waals surface area contributed by atoms with Crippen LogP contribution in [0, 0.1) is 5.92 Å². The van der Waals surface area contributed by atoms with E-state index in [-0.39, 0.29) is 4.90 Å². The second-order valence-electron chi connectivity index (χ2n) is 5.91. The normalized spacial score (nSPS) is 16.4. The summed E-state index contributed by atoms with van der Waals surface area (Å²) in [5.74, 6) is -0.0256. The zero-order chi connectivity index (χ0) is 16.2. The van der Waals surface area contributed by atoms with Gasteiger partial charge in [0.25, 0.3) is 15.9 Å². The van der Waals surface area contributed by atoms with Gasteiger partial charge in [-0.1, -0.05) is 25.3 Å². The van der Waals surface area contributed by atoms with E-state index in [9.17, 15) is 13.2 Å². The first-order chi connectivity index (χ1) is 10.4. The Hall–Kier alpha value is -1.63. The Morgan fingerprint density at radius 1 is 1.50 bits per heavy atom. The topological polar surface area (TPSA) is 81.1 Å². The molecule has 1 aliphatic carbocycles. The maximum atomic E-state index is 12.2. The van der Waals surface area contributed by atoms with E-state index in [1.807, 2.05) is 13.8 Å². The van der Waals surface area contributed by atoms with Gasteiger partial charge >= 0.3 is 0 Å². The lowest BCUT2D eigenvalue weighted by Gasteiger charge is -2.24. The number of carbonyl (C=O) groups is 1. The highest BCUT2D eigenvalue weighted by molar-refractivity contribution is 7.90. The minimum atomic E-state index is -3.85. The van der Waals surface area contributed by atoms with Crippen LogP contribution in [0.25, 0.3) is 0 Å². The lowest BCUT2D eigenvalue weighted by molar-refractivity contribution is -0.114. The van der Waals surface area contributed by atoms with Gasteiger partial charge in [-0.3, -0.25) is 9.48 Å². The van der Waals surface area contributed by atoms with Gasteiger partial charge in [0.05, 0.1) is 6.20 Å². The summed E-state index contributed by atoms with van der Waals surface area (Å²) < 4.78 is 28.0. The van der Waals surface area contributed by atoms with Crippen LogP contribution in [0.1, 0.15) is 46.0 Å². The number of hydrogen-bond donors (Lipinski definition) is 1. The Morgan fingerprint density at radius 3 is 2.82 bits per heavy atom. The summed E-state index contributed by atoms with van der Waals surface area (Å²) in [6.45, 7) is 4.55. The molecule has 22 heavy (non-hydrogen) atoms. The maximum Gasteiger partial charge on any atom is 0.267 e. The molecule has 1 aromatic rings. The monoisotopic (exact) mass is 325 g/mol. The molecule has 0 spiro atoms. The van der Waals surface area contributed by atoms with Crippen molar-refractivity contribution in [2.45, 2.75) is 57.4 Å². The van der Waals surface area contributed by atoms with Gasteiger partial charge in [-0.2, -0.15) is 5.10 Å². The summed E-state index contributed by atoms with van der Waals surface area (Å²) in [7, 11) is -3.85. The summed E-state index contributed by atoms with van der Waals surface area (Å²) in [4.78, 5) is 11.8. The van der Waals surface area contributed by atoms with Crippen LogP contribution in [0.4, 0.5) is 0 Å². The van der Waals surface area contributed by atoms with Gasteiger partial charge < -0.3 is 0 Å². The number of sulfonamides is 1.